The molecule has 1 aliphatic heterocycles. The molecule has 2 rings (SSSR count). The second-order valence-corrected chi connectivity index (χ2v) is 5.68. The number of aliphatic imine (C=N–C) groups is 1. The van der Waals surface area contributed by atoms with E-state index < -0.39 is 21.5 Å². The van der Waals surface area contributed by atoms with Gasteiger partial charge in [-0.05, 0) is 5.56 Å². The number of sulfone groups is 1. The van der Waals surface area contributed by atoms with E-state index in [1.54, 1.807) is 0 Å². The molecule has 0 fully saturated rings. The Kier molecular flexibility index (Phi) is 2.69. The molecule has 2 N–H and O–H groups in total. The molecule has 2 unspecified atom stereocenters. The van der Waals surface area contributed by atoms with Gasteiger partial charge in [0, 0.05) is 6.26 Å². The quantitative estimate of drug-likeness (QED) is 0.813. The standard InChI is InChI=1S/C10H12N2O3S/c1-16(13,14)10-12-9(11)8(15-10)7-5-3-2-4-6-7/h2-6,8,10H,1H3,(H2,11,12). The molecule has 0 saturated heterocycles. The number of nitrogens with two attached hydrogens (primary N) is 1. The van der Waals surface area contributed by atoms with E-state index in [1.807, 2.05) is 30.3 Å². The first-order valence-electron chi connectivity index (χ1n) is 4.71. The summed E-state index contributed by atoms with van der Waals surface area (Å²) in [6, 6.07) is 9.16. The maximum atomic E-state index is 11.3. The lowest BCUT2D eigenvalue weighted by Crippen LogP contribution is -2.20. The van der Waals surface area contributed by atoms with Gasteiger partial charge in [-0.2, -0.15) is 0 Å². The van der Waals surface area contributed by atoms with E-state index in [-0.39, 0.29) is 5.84 Å². The highest BCUT2D eigenvalue weighted by molar-refractivity contribution is 7.91. The van der Waals surface area contributed by atoms with Gasteiger partial charge in [-0.15, -0.1) is 0 Å². The summed E-state index contributed by atoms with van der Waals surface area (Å²) >= 11 is 0. The molecule has 1 aliphatic rings. The highest BCUT2D eigenvalue weighted by Gasteiger charge is 2.34. The van der Waals surface area contributed by atoms with Crippen LogP contribution in [0.3, 0.4) is 0 Å². The molecule has 16 heavy (non-hydrogen) atoms. The molecule has 0 amide bonds. The van der Waals surface area contributed by atoms with Crippen molar-refractivity contribution in [3.8, 4) is 0 Å². The van der Waals surface area contributed by atoms with E-state index in [2.05, 4.69) is 4.99 Å². The number of nitrogens with zero attached hydrogens (tertiary/aromatic N) is 1. The number of benzene rings is 1. The third-order valence-corrected chi connectivity index (χ3v) is 3.19. The lowest BCUT2D eigenvalue weighted by molar-refractivity contribution is 0.0982. The molecular weight excluding hydrogens is 228 g/mol. The zero-order chi connectivity index (χ0) is 11.8. The first kappa shape index (κ1) is 11.1. The molecule has 0 aromatic heterocycles. The van der Waals surface area contributed by atoms with Gasteiger partial charge in [0.2, 0.25) is 0 Å². The summed E-state index contributed by atoms with van der Waals surface area (Å²) in [5, 5.41) is 0. The Morgan fingerprint density at radius 2 is 1.94 bits per heavy atom. The van der Waals surface area contributed by atoms with Crippen LogP contribution in [0.5, 0.6) is 0 Å². The maximum absolute atomic E-state index is 11.3. The zero-order valence-electron chi connectivity index (χ0n) is 8.70. The Morgan fingerprint density at radius 3 is 2.44 bits per heavy atom. The average Bonchev–Trinajstić information content (AvgIpc) is 2.61. The fraction of sp³-hybridized carbons (Fsp3) is 0.300. The number of ether oxygens (including phenoxy) is 1. The normalized spacial score (nSPS) is 25.4. The number of amidine groups is 1. The van der Waals surface area contributed by atoms with E-state index in [1.165, 1.54) is 0 Å². The molecule has 86 valence electrons. The molecule has 0 saturated carbocycles. The Hall–Kier alpha value is -1.40. The van der Waals surface area contributed by atoms with Crippen molar-refractivity contribution in [2.45, 2.75) is 11.7 Å². The second kappa shape index (κ2) is 3.88. The van der Waals surface area contributed by atoms with Crippen molar-refractivity contribution >= 4 is 15.7 Å². The van der Waals surface area contributed by atoms with Crippen molar-refractivity contribution in [2.75, 3.05) is 6.26 Å². The van der Waals surface area contributed by atoms with Crippen molar-refractivity contribution < 1.29 is 13.2 Å². The van der Waals surface area contributed by atoms with E-state index in [0.29, 0.717) is 0 Å². The molecule has 1 heterocycles. The highest BCUT2D eigenvalue weighted by atomic mass is 32.2. The monoisotopic (exact) mass is 240 g/mol. The Morgan fingerprint density at radius 1 is 1.31 bits per heavy atom. The van der Waals surface area contributed by atoms with Gasteiger partial charge in [0.25, 0.3) is 5.56 Å². The van der Waals surface area contributed by atoms with Gasteiger partial charge >= 0.3 is 0 Å². The van der Waals surface area contributed by atoms with Crippen LogP contribution in [0, 0.1) is 0 Å². The number of hydrogen-bond acceptors (Lipinski definition) is 5. The van der Waals surface area contributed by atoms with Crippen LogP contribution in [0.2, 0.25) is 0 Å². The minimum absolute atomic E-state index is 0.196. The van der Waals surface area contributed by atoms with Gasteiger partial charge in [0.1, 0.15) is 11.9 Å². The van der Waals surface area contributed by atoms with Crippen LogP contribution in [-0.4, -0.2) is 26.1 Å². The number of hydrogen-bond donors (Lipinski definition) is 1. The van der Waals surface area contributed by atoms with Crippen molar-refractivity contribution in [3.05, 3.63) is 35.9 Å². The molecule has 0 bridgehead atoms. The Bertz CT molecular complexity index is 510. The first-order chi connectivity index (χ1) is 7.48. The van der Waals surface area contributed by atoms with E-state index in [9.17, 15) is 8.42 Å². The van der Waals surface area contributed by atoms with Crippen LogP contribution in [0.15, 0.2) is 35.3 Å². The van der Waals surface area contributed by atoms with Crippen molar-refractivity contribution in [3.63, 3.8) is 0 Å². The predicted octanol–water partition coefficient (Wildman–Crippen LogP) is 0.443. The van der Waals surface area contributed by atoms with Crippen molar-refractivity contribution in [1.82, 2.24) is 0 Å². The third-order valence-electron chi connectivity index (χ3n) is 2.24. The fourth-order valence-corrected chi connectivity index (χ4v) is 2.11. The van der Waals surface area contributed by atoms with Gasteiger partial charge in [0.15, 0.2) is 9.84 Å². The predicted molar refractivity (Wildman–Crippen MR) is 60.5 cm³/mol. The molecule has 0 radical (unpaired) electrons. The topological polar surface area (TPSA) is 81.8 Å². The smallest absolute Gasteiger partial charge is 0.254 e. The van der Waals surface area contributed by atoms with Crippen molar-refractivity contribution in [1.29, 1.82) is 0 Å². The molecule has 5 nitrogen and oxygen atoms in total. The summed E-state index contributed by atoms with van der Waals surface area (Å²) in [5.41, 5.74) is 5.28. The van der Waals surface area contributed by atoms with Crippen molar-refractivity contribution in [2.24, 2.45) is 10.7 Å². The van der Waals surface area contributed by atoms with Crippen LogP contribution < -0.4 is 5.73 Å². The molecule has 0 spiro atoms. The van der Waals surface area contributed by atoms with Crippen LogP contribution in [0.1, 0.15) is 11.7 Å². The third kappa shape index (κ3) is 2.07. The molecular formula is C10H12N2O3S. The van der Waals surface area contributed by atoms with Crippen LogP contribution in [-0.2, 0) is 14.6 Å². The molecule has 1 aromatic rings. The lowest BCUT2D eigenvalue weighted by Gasteiger charge is -2.12. The first-order valence-corrected chi connectivity index (χ1v) is 6.66. The SMILES string of the molecule is CS(=O)(=O)C1N=C(N)C(c2ccccc2)O1. The maximum Gasteiger partial charge on any atom is 0.254 e. The fourth-order valence-electron chi connectivity index (χ4n) is 1.48. The zero-order valence-corrected chi connectivity index (χ0v) is 9.52. The molecule has 2 atom stereocenters. The minimum Gasteiger partial charge on any atom is -0.385 e. The number of rotatable bonds is 2. The molecule has 0 aliphatic carbocycles. The highest BCUT2D eigenvalue weighted by Crippen LogP contribution is 2.27. The van der Waals surface area contributed by atoms with Gasteiger partial charge in [-0.1, -0.05) is 30.3 Å². The molecule has 1 aromatic carbocycles. The summed E-state index contributed by atoms with van der Waals surface area (Å²) in [4.78, 5) is 3.80. The average molecular weight is 240 g/mol. The van der Waals surface area contributed by atoms with Crippen LogP contribution in [0.25, 0.3) is 0 Å². The van der Waals surface area contributed by atoms with Crippen LogP contribution in [0.4, 0.5) is 0 Å². The van der Waals surface area contributed by atoms with Gasteiger partial charge < -0.3 is 10.5 Å². The lowest BCUT2D eigenvalue weighted by atomic mass is 10.1. The summed E-state index contributed by atoms with van der Waals surface area (Å²) in [5.74, 6) is 0.196. The van der Waals surface area contributed by atoms with E-state index in [4.69, 9.17) is 10.5 Å². The van der Waals surface area contributed by atoms with E-state index >= 15 is 0 Å². The van der Waals surface area contributed by atoms with Gasteiger partial charge in [0.05, 0.1) is 0 Å². The Balaban J connectivity index is 2.27. The second-order valence-electron chi connectivity index (χ2n) is 3.62. The van der Waals surface area contributed by atoms with E-state index in [0.717, 1.165) is 11.8 Å². The van der Waals surface area contributed by atoms with Crippen LogP contribution >= 0.6 is 0 Å². The summed E-state index contributed by atoms with van der Waals surface area (Å²) in [6.07, 6.45) is 0.503. The van der Waals surface area contributed by atoms with Gasteiger partial charge in [-0.25, -0.2) is 13.4 Å². The summed E-state index contributed by atoms with van der Waals surface area (Å²) in [6.45, 7) is 0. The minimum atomic E-state index is -3.37. The Labute approximate surface area is 93.9 Å². The summed E-state index contributed by atoms with van der Waals surface area (Å²) < 4.78 is 27.8. The molecule has 6 heteroatoms. The summed E-state index contributed by atoms with van der Waals surface area (Å²) in [7, 11) is -3.37. The largest absolute Gasteiger partial charge is 0.385 e. The van der Waals surface area contributed by atoms with Gasteiger partial charge in [-0.3, -0.25) is 0 Å².